The van der Waals surface area contributed by atoms with Crippen LogP contribution in [0.25, 0.3) is 0 Å². The summed E-state index contributed by atoms with van der Waals surface area (Å²) in [6, 6.07) is -0.570. The molecule has 0 aromatic rings. The van der Waals surface area contributed by atoms with E-state index < -0.39 is 0 Å². The molecule has 1 aliphatic rings. The van der Waals surface area contributed by atoms with Crippen LogP contribution in [-0.4, -0.2) is 36.1 Å². The molecule has 0 unspecified atom stereocenters. The Bertz CT molecular complexity index is 203. The number of imide groups is 1. The molecule has 0 spiro atoms. The van der Waals surface area contributed by atoms with Gasteiger partial charge in [-0.2, -0.15) is 0 Å². The predicted octanol–water partition coefficient (Wildman–Crippen LogP) is 0.130. The van der Waals surface area contributed by atoms with E-state index in [1.807, 2.05) is 13.8 Å². The van der Waals surface area contributed by atoms with Gasteiger partial charge in [0.1, 0.15) is 0 Å². The monoisotopic (exact) mass is 171 g/mol. The molecular formula is C7H13N3O2. The Morgan fingerprint density at radius 1 is 1.67 bits per heavy atom. The maximum absolute atomic E-state index is 11.2. The van der Waals surface area contributed by atoms with E-state index in [0.29, 0.717) is 13.1 Å². The second kappa shape index (κ2) is 3.42. The van der Waals surface area contributed by atoms with Gasteiger partial charge in [0.05, 0.1) is 0 Å². The molecule has 0 aromatic carbocycles. The van der Waals surface area contributed by atoms with Gasteiger partial charge >= 0.3 is 12.1 Å². The molecule has 0 saturated carbocycles. The highest BCUT2D eigenvalue weighted by atomic mass is 16.2. The molecule has 2 N–H and O–H groups in total. The molecule has 68 valence electrons. The molecule has 5 heteroatoms. The highest BCUT2D eigenvalue weighted by molar-refractivity contribution is 5.94. The molecule has 0 aliphatic carbocycles. The lowest BCUT2D eigenvalue weighted by Crippen LogP contribution is -2.44. The fourth-order valence-corrected chi connectivity index (χ4v) is 0.990. The van der Waals surface area contributed by atoms with Crippen LogP contribution in [0.2, 0.25) is 0 Å². The lowest BCUT2D eigenvalue weighted by Gasteiger charge is -2.15. The van der Waals surface area contributed by atoms with Crippen molar-refractivity contribution in [1.82, 2.24) is 15.5 Å². The summed E-state index contributed by atoms with van der Waals surface area (Å²) in [6.07, 6.45) is 0. The summed E-state index contributed by atoms with van der Waals surface area (Å²) in [6.45, 7) is 4.71. The van der Waals surface area contributed by atoms with E-state index in [-0.39, 0.29) is 18.1 Å². The molecule has 1 fully saturated rings. The average molecular weight is 171 g/mol. The summed E-state index contributed by atoms with van der Waals surface area (Å²) in [5, 5.41) is 5.19. The van der Waals surface area contributed by atoms with Crippen LogP contribution in [0, 0.1) is 0 Å². The van der Waals surface area contributed by atoms with Crippen molar-refractivity contribution in [3.05, 3.63) is 0 Å². The third kappa shape index (κ3) is 1.87. The Balaban J connectivity index is 2.46. The van der Waals surface area contributed by atoms with Gasteiger partial charge in [-0.1, -0.05) is 0 Å². The lowest BCUT2D eigenvalue weighted by molar-refractivity contribution is 0.197. The Morgan fingerprint density at radius 3 is 2.75 bits per heavy atom. The van der Waals surface area contributed by atoms with Crippen LogP contribution in [0.4, 0.5) is 9.59 Å². The molecule has 1 aliphatic heterocycles. The van der Waals surface area contributed by atoms with E-state index in [4.69, 9.17) is 0 Å². The van der Waals surface area contributed by atoms with Crippen molar-refractivity contribution < 1.29 is 9.59 Å². The Morgan fingerprint density at radius 2 is 2.33 bits per heavy atom. The number of nitrogens with one attached hydrogen (secondary N) is 2. The van der Waals surface area contributed by atoms with E-state index in [1.54, 1.807) is 0 Å². The number of rotatable bonds is 1. The minimum atomic E-state index is -0.319. The number of hydrogen-bond acceptors (Lipinski definition) is 2. The molecule has 0 bridgehead atoms. The van der Waals surface area contributed by atoms with Gasteiger partial charge < -0.3 is 10.6 Å². The van der Waals surface area contributed by atoms with Crippen LogP contribution < -0.4 is 10.6 Å². The van der Waals surface area contributed by atoms with Gasteiger partial charge in [-0.25, -0.2) is 14.5 Å². The van der Waals surface area contributed by atoms with E-state index in [0.717, 1.165) is 0 Å². The van der Waals surface area contributed by atoms with Crippen LogP contribution in [0.3, 0.4) is 0 Å². The molecule has 1 rings (SSSR count). The largest absolute Gasteiger partial charge is 0.336 e. The van der Waals surface area contributed by atoms with Gasteiger partial charge in [-0.15, -0.1) is 0 Å². The summed E-state index contributed by atoms with van der Waals surface area (Å²) in [7, 11) is 0. The molecule has 4 amide bonds. The Kier molecular flexibility index (Phi) is 2.52. The number of amides is 4. The molecule has 1 saturated heterocycles. The van der Waals surface area contributed by atoms with Crippen molar-refractivity contribution in [2.24, 2.45) is 0 Å². The SMILES string of the molecule is CC(C)NC(=O)N1CCNC1=O. The van der Waals surface area contributed by atoms with Crippen molar-refractivity contribution in [3.8, 4) is 0 Å². The highest BCUT2D eigenvalue weighted by Gasteiger charge is 2.25. The van der Waals surface area contributed by atoms with Crippen molar-refractivity contribution >= 4 is 12.1 Å². The first-order valence-electron chi connectivity index (χ1n) is 3.97. The van der Waals surface area contributed by atoms with E-state index in [2.05, 4.69) is 10.6 Å². The molecule has 12 heavy (non-hydrogen) atoms. The fraction of sp³-hybridized carbons (Fsp3) is 0.714. The number of urea groups is 2. The summed E-state index contributed by atoms with van der Waals surface area (Å²) < 4.78 is 0. The third-order valence-corrected chi connectivity index (χ3v) is 1.51. The zero-order valence-electron chi connectivity index (χ0n) is 7.26. The van der Waals surface area contributed by atoms with E-state index in [1.165, 1.54) is 4.90 Å². The van der Waals surface area contributed by atoms with Crippen molar-refractivity contribution in [2.75, 3.05) is 13.1 Å². The van der Waals surface area contributed by atoms with Gasteiger partial charge in [-0.05, 0) is 13.8 Å². The van der Waals surface area contributed by atoms with Crippen LogP contribution in [0.15, 0.2) is 0 Å². The van der Waals surface area contributed by atoms with Crippen LogP contribution in [-0.2, 0) is 0 Å². The first-order chi connectivity index (χ1) is 5.61. The van der Waals surface area contributed by atoms with Gasteiger partial charge in [0.15, 0.2) is 0 Å². The predicted molar refractivity (Wildman–Crippen MR) is 43.8 cm³/mol. The summed E-state index contributed by atoms with van der Waals surface area (Å²) in [4.78, 5) is 23.3. The van der Waals surface area contributed by atoms with Gasteiger partial charge in [0, 0.05) is 19.1 Å². The highest BCUT2D eigenvalue weighted by Crippen LogP contribution is 1.97. The number of carbonyl (C=O) groups is 2. The lowest BCUT2D eigenvalue weighted by atomic mass is 10.4. The van der Waals surface area contributed by atoms with Crippen LogP contribution in [0.1, 0.15) is 13.8 Å². The van der Waals surface area contributed by atoms with Crippen molar-refractivity contribution in [1.29, 1.82) is 0 Å². The molecule has 0 radical (unpaired) electrons. The summed E-state index contributed by atoms with van der Waals surface area (Å²) >= 11 is 0. The standard InChI is InChI=1S/C7H13N3O2/c1-5(2)9-7(12)10-4-3-8-6(10)11/h5H,3-4H2,1-2H3,(H,8,11)(H,9,12). The average Bonchev–Trinajstić information content (AvgIpc) is 2.33. The second-order valence-electron chi connectivity index (χ2n) is 2.99. The smallest absolute Gasteiger partial charge is 0.325 e. The number of carbonyl (C=O) groups excluding carboxylic acids is 2. The summed E-state index contributed by atoms with van der Waals surface area (Å²) in [5.41, 5.74) is 0. The normalized spacial score (nSPS) is 16.6. The minimum absolute atomic E-state index is 0.0610. The van der Waals surface area contributed by atoms with Gasteiger partial charge in [0.25, 0.3) is 0 Å². The molecule has 0 aromatic heterocycles. The molecule has 5 nitrogen and oxygen atoms in total. The van der Waals surface area contributed by atoms with E-state index in [9.17, 15) is 9.59 Å². The summed E-state index contributed by atoms with van der Waals surface area (Å²) in [5.74, 6) is 0. The Hall–Kier alpha value is -1.26. The second-order valence-corrected chi connectivity index (χ2v) is 2.99. The van der Waals surface area contributed by atoms with Gasteiger partial charge in [-0.3, -0.25) is 0 Å². The number of hydrogen-bond donors (Lipinski definition) is 2. The Labute approximate surface area is 71.1 Å². The van der Waals surface area contributed by atoms with Crippen LogP contribution >= 0.6 is 0 Å². The maximum atomic E-state index is 11.2. The van der Waals surface area contributed by atoms with Gasteiger partial charge in [0.2, 0.25) is 0 Å². The topological polar surface area (TPSA) is 61.4 Å². The number of nitrogens with zero attached hydrogens (tertiary/aromatic N) is 1. The zero-order valence-corrected chi connectivity index (χ0v) is 7.26. The van der Waals surface area contributed by atoms with E-state index >= 15 is 0 Å². The zero-order chi connectivity index (χ0) is 9.14. The van der Waals surface area contributed by atoms with Crippen molar-refractivity contribution in [3.63, 3.8) is 0 Å². The third-order valence-electron chi connectivity index (χ3n) is 1.51. The minimum Gasteiger partial charge on any atom is -0.336 e. The maximum Gasteiger partial charge on any atom is 0.325 e. The first-order valence-corrected chi connectivity index (χ1v) is 3.97. The molecule has 1 heterocycles. The quantitative estimate of drug-likeness (QED) is 0.589. The molecular weight excluding hydrogens is 158 g/mol. The van der Waals surface area contributed by atoms with Crippen LogP contribution in [0.5, 0.6) is 0 Å². The fourth-order valence-electron chi connectivity index (χ4n) is 0.990. The van der Waals surface area contributed by atoms with Crippen molar-refractivity contribution in [2.45, 2.75) is 19.9 Å². The molecule has 0 atom stereocenters. The first kappa shape index (κ1) is 8.83.